The van der Waals surface area contributed by atoms with E-state index in [2.05, 4.69) is 0 Å². The van der Waals surface area contributed by atoms with Gasteiger partial charge in [0.2, 0.25) is 0 Å². The van der Waals surface area contributed by atoms with E-state index in [0.29, 0.717) is 11.1 Å². The molecule has 24 heavy (non-hydrogen) atoms. The third-order valence-electron chi connectivity index (χ3n) is 3.86. The zero-order chi connectivity index (χ0) is 17.1. The van der Waals surface area contributed by atoms with Crippen molar-refractivity contribution in [1.29, 1.82) is 0 Å². The van der Waals surface area contributed by atoms with Crippen LogP contribution in [0.25, 0.3) is 10.8 Å². The minimum absolute atomic E-state index is 0.0568. The number of aryl methyl sites for hydroxylation is 1. The second-order valence-electron chi connectivity index (χ2n) is 5.53. The lowest BCUT2D eigenvalue weighted by Crippen LogP contribution is -2.14. The molecule has 3 aromatic rings. The highest BCUT2D eigenvalue weighted by Crippen LogP contribution is 2.22. The van der Waals surface area contributed by atoms with Crippen molar-refractivity contribution in [2.45, 2.75) is 6.92 Å². The zero-order valence-corrected chi connectivity index (χ0v) is 13.2. The number of aromatic hydroxyl groups is 1. The highest BCUT2D eigenvalue weighted by atomic mass is 16.5. The summed E-state index contributed by atoms with van der Waals surface area (Å²) in [5.41, 5.74) is 1.11. The van der Waals surface area contributed by atoms with E-state index < -0.39 is 5.97 Å². The van der Waals surface area contributed by atoms with Crippen LogP contribution in [0.4, 0.5) is 0 Å². The molecule has 0 saturated carbocycles. The van der Waals surface area contributed by atoms with E-state index in [1.165, 1.54) is 6.07 Å². The van der Waals surface area contributed by atoms with Gasteiger partial charge in [0, 0.05) is 5.56 Å². The van der Waals surface area contributed by atoms with Gasteiger partial charge < -0.3 is 9.84 Å². The molecule has 0 aliphatic rings. The van der Waals surface area contributed by atoms with Gasteiger partial charge in [0.05, 0.1) is 0 Å². The van der Waals surface area contributed by atoms with E-state index in [4.69, 9.17) is 4.74 Å². The molecule has 0 unspecified atom stereocenters. The van der Waals surface area contributed by atoms with Crippen molar-refractivity contribution in [3.05, 3.63) is 77.4 Å². The van der Waals surface area contributed by atoms with E-state index in [0.717, 1.165) is 10.8 Å². The molecule has 0 aliphatic carbocycles. The van der Waals surface area contributed by atoms with Crippen molar-refractivity contribution in [2.75, 3.05) is 6.61 Å². The molecular formula is C20H16O4. The number of rotatable bonds is 4. The van der Waals surface area contributed by atoms with Crippen molar-refractivity contribution in [1.82, 2.24) is 0 Å². The summed E-state index contributed by atoms with van der Waals surface area (Å²) in [7, 11) is 0. The maximum Gasteiger partial charge on any atom is 0.342 e. The van der Waals surface area contributed by atoms with Gasteiger partial charge >= 0.3 is 5.97 Å². The number of hydrogen-bond donors (Lipinski definition) is 1. The highest BCUT2D eigenvalue weighted by Gasteiger charge is 2.16. The van der Waals surface area contributed by atoms with Gasteiger partial charge in [0.25, 0.3) is 0 Å². The minimum Gasteiger partial charge on any atom is -0.507 e. The van der Waals surface area contributed by atoms with Gasteiger partial charge in [-0.25, -0.2) is 4.79 Å². The number of phenolic OH excluding ortho intramolecular Hbond substituents is 1. The Balaban J connectivity index is 1.72. The number of fused-ring (bicyclic) bond motifs is 1. The van der Waals surface area contributed by atoms with Gasteiger partial charge in [0.1, 0.15) is 11.3 Å². The third-order valence-corrected chi connectivity index (χ3v) is 3.86. The number of para-hydroxylation sites is 1. The Hall–Kier alpha value is -3.14. The molecule has 1 N–H and O–H groups in total. The lowest BCUT2D eigenvalue weighted by molar-refractivity contribution is 0.0471. The Labute approximate surface area is 139 Å². The van der Waals surface area contributed by atoms with Gasteiger partial charge in [-0.3, -0.25) is 4.79 Å². The molecule has 0 atom stereocenters. The number of carbonyl (C=O) groups excluding carboxylic acids is 2. The maximum atomic E-state index is 12.2. The van der Waals surface area contributed by atoms with E-state index in [1.807, 2.05) is 30.3 Å². The second kappa shape index (κ2) is 6.54. The van der Waals surface area contributed by atoms with E-state index >= 15 is 0 Å². The van der Waals surface area contributed by atoms with Crippen molar-refractivity contribution >= 4 is 22.5 Å². The minimum atomic E-state index is -0.717. The fraction of sp³-hybridized carbons (Fsp3) is 0.100. The number of carbonyl (C=O) groups is 2. The van der Waals surface area contributed by atoms with Crippen LogP contribution in [0.5, 0.6) is 5.75 Å². The quantitative estimate of drug-likeness (QED) is 0.585. The number of benzene rings is 3. The van der Waals surface area contributed by atoms with Gasteiger partial charge in [-0.15, -0.1) is 0 Å². The van der Waals surface area contributed by atoms with Gasteiger partial charge in [-0.1, -0.05) is 48.5 Å². The molecule has 0 fully saturated rings. The average Bonchev–Trinajstić information content (AvgIpc) is 2.61. The summed E-state index contributed by atoms with van der Waals surface area (Å²) in [5.74, 6) is -1.13. The number of ether oxygens (including phenoxy) is 1. The number of phenols is 1. The standard InChI is InChI=1S/C20H16O4/c1-13-5-4-8-17(19(13)22)20(23)24-12-18(21)16-10-9-14-6-2-3-7-15(14)11-16/h2-11,22H,12H2,1H3. The fourth-order valence-corrected chi connectivity index (χ4v) is 2.48. The lowest BCUT2D eigenvalue weighted by Gasteiger charge is -2.08. The predicted molar refractivity (Wildman–Crippen MR) is 91.4 cm³/mol. The van der Waals surface area contributed by atoms with Crippen LogP contribution in [-0.2, 0) is 4.74 Å². The van der Waals surface area contributed by atoms with Crippen molar-refractivity contribution in [2.24, 2.45) is 0 Å². The Bertz CT molecular complexity index is 928. The van der Waals surface area contributed by atoms with Gasteiger partial charge in [-0.2, -0.15) is 0 Å². The van der Waals surface area contributed by atoms with Gasteiger partial charge in [-0.05, 0) is 35.4 Å². The molecule has 0 saturated heterocycles. The van der Waals surface area contributed by atoms with Crippen LogP contribution < -0.4 is 0 Å². The average molecular weight is 320 g/mol. The molecule has 0 aromatic heterocycles. The Kier molecular flexibility index (Phi) is 4.29. The van der Waals surface area contributed by atoms with E-state index in [9.17, 15) is 14.7 Å². The van der Waals surface area contributed by atoms with Crippen LogP contribution >= 0.6 is 0 Å². The molecule has 120 valence electrons. The van der Waals surface area contributed by atoms with E-state index in [-0.39, 0.29) is 23.7 Å². The lowest BCUT2D eigenvalue weighted by atomic mass is 10.0. The van der Waals surface area contributed by atoms with Crippen molar-refractivity contribution < 1.29 is 19.4 Å². The largest absolute Gasteiger partial charge is 0.507 e. The first-order chi connectivity index (χ1) is 11.6. The van der Waals surface area contributed by atoms with Crippen molar-refractivity contribution in [3.8, 4) is 5.75 Å². The zero-order valence-electron chi connectivity index (χ0n) is 13.2. The number of hydrogen-bond acceptors (Lipinski definition) is 4. The normalized spacial score (nSPS) is 10.5. The van der Waals surface area contributed by atoms with Crippen LogP contribution in [0.1, 0.15) is 26.3 Å². The number of esters is 1. The number of ketones is 1. The summed E-state index contributed by atoms with van der Waals surface area (Å²) < 4.78 is 5.04. The summed E-state index contributed by atoms with van der Waals surface area (Å²) in [4.78, 5) is 24.3. The van der Waals surface area contributed by atoms with Crippen molar-refractivity contribution in [3.63, 3.8) is 0 Å². The summed E-state index contributed by atoms with van der Waals surface area (Å²) in [6, 6.07) is 17.9. The third kappa shape index (κ3) is 3.13. The molecule has 0 aliphatic heterocycles. The first-order valence-corrected chi connectivity index (χ1v) is 7.54. The van der Waals surface area contributed by atoms with E-state index in [1.54, 1.807) is 31.2 Å². The monoisotopic (exact) mass is 320 g/mol. The van der Waals surface area contributed by atoms with Crippen LogP contribution in [0.2, 0.25) is 0 Å². The summed E-state index contributed by atoms with van der Waals surface area (Å²) in [5, 5.41) is 11.9. The molecule has 0 radical (unpaired) electrons. The highest BCUT2D eigenvalue weighted by molar-refractivity contribution is 6.02. The first-order valence-electron chi connectivity index (χ1n) is 7.54. The van der Waals surface area contributed by atoms with Gasteiger partial charge in [0.15, 0.2) is 12.4 Å². The summed E-state index contributed by atoms with van der Waals surface area (Å²) in [6.07, 6.45) is 0. The number of Topliss-reactive ketones (excluding diaryl/α,β-unsaturated/α-hetero) is 1. The Morgan fingerprint density at radius 1 is 0.958 bits per heavy atom. The fourth-order valence-electron chi connectivity index (χ4n) is 2.48. The Morgan fingerprint density at radius 2 is 1.71 bits per heavy atom. The second-order valence-corrected chi connectivity index (χ2v) is 5.53. The Morgan fingerprint density at radius 3 is 2.50 bits per heavy atom. The summed E-state index contributed by atoms with van der Waals surface area (Å²) in [6.45, 7) is 1.32. The first kappa shape index (κ1) is 15.7. The molecular weight excluding hydrogens is 304 g/mol. The molecule has 4 nitrogen and oxygen atoms in total. The van der Waals surface area contributed by atoms with Crippen LogP contribution in [-0.4, -0.2) is 23.5 Å². The molecule has 0 heterocycles. The summed E-state index contributed by atoms with van der Waals surface area (Å²) >= 11 is 0. The maximum absolute atomic E-state index is 12.2. The topological polar surface area (TPSA) is 63.6 Å². The molecule has 4 heteroatoms. The molecule has 0 spiro atoms. The molecule has 0 amide bonds. The predicted octanol–water partition coefficient (Wildman–Crippen LogP) is 3.89. The molecule has 0 bridgehead atoms. The smallest absolute Gasteiger partial charge is 0.342 e. The van der Waals surface area contributed by atoms with Crippen LogP contribution in [0.3, 0.4) is 0 Å². The van der Waals surface area contributed by atoms with Crippen LogP contribution in [0, 0.1) is 6.92 Å². The molecule has 3 aromatic carbocycles. The SMILES string of the molecule is Cc1cccc(C(=O)OCC(=O)c2ccc3ccccc3c2)c1O. The molecule has 3 rings (SSSR count). The van der Waals surface area contributed by atoms with Crippen LogP contribution in [0.15, 0.2) is 60.7 Å².